The Balaban J connectivity index is 4.01. The van der Waals surface area contributed by atoms with E-state index in [1.165, 1.54) is 0 Å². The maximum atomic E-state index is 7.59. The summed E-state index contributed by atoms with van der Waals surface area (Å²) in [5.74, 6) is 1.35. The Morgan fingerprint density at radius 1 is 1.36 bits per heavy atom. The number of nitrogens with zero attached hydrogens (tertiary/aromatic N) is 1. The van der Waals surface area contributed by atoms with E-state index in [0.29, 0.717) is 12.0 Å². The molecule has 0 spiro atoms. The second kappa shape index (κ2) is 4.37. The highest BCUT2D eigenvalue weighted by Gasteiger charge is 2.13. The van der Waals surface area contributed by atoms with Crippen molar-refractivity contribution in [2.24, 2.45) is 5.92 Å². The molecule has 2 nitrogen and oxygen atoms in total. The normalized spacial score (nSPS) is 13.3. The van der Waals surface area contributed by atoms with Crippen molar-refractivity contribution in [3.63, 3.8) is 0 Å². The van der Waals surface area contributed by atoms with E-state index in [4.69, 9.17) is 5.41 Å². The van der Waals surface area contributed by atoms with Gasteiger partial charge >= 0.3 is 0 Å². The maximum absolute atomic E-state index is 7.59. The second-order valence-electron chi connectivity index (χ2n) is 3.40. The van der Waals surface area contributed by atoms with Crippen LogP contribution in [0, 0.1) is 11.3 Å². The van der Waals surface area contributed by atoms with Crippen LogP contribution in [0.3, 0.4) is 0 Å². The summed E-state index contributed by atoms with van der Waals surface area (Å²) < 4.78 is 0. The molecule has 0 bridgehead atoms. The molecule has 0 aliphatic carbocycles. The third kappa shape index (κ3) is 2.91. The van der Waals surface area contributed by atoms with Gasteiger partial charge in [-0.1, -0.05) is 20.8 Å². The molecule has 0 aromatic rings. The minimum Gasteiger partial charge on any atom is -0.361 e. The van der Waals surface area contributed by atoms with Gasteiger partial charge in [-0.2, -0.15) is 0 Å². The number of nitrogens with one attached hydrogen (secondary N) is 1. The first-order chi connectivity index (χ1) is 5.00. The molecular weight excluding hydrogens is 136 g/mol. The fourth-order valence-corrected chi connectivity index (χ4v) is 0.942. The molecule has 1 atom stereocenters. The molecule has 0 amide bonds. The lowest BCUT2D eigenvalue weighted by atomic mass is 10.1. The highest BCUT2D eigenvalue weighted by molar-refractivity contribution is 5.78. The van der Waals surface area contributed by atoms with Crippen molar-refractivity contribution in [3.8, 4) is 0 Å². The highest BCUT2D eigenvalue weighted by atomic mass is 15.2. The van der Waals surface area contributed by atoms with Gasteiger partial charge in [0.15, 0.2) is 0 Å². The van der Waals surface area contributed by atoms with Gasteiger partial charge in [-0.25, -0.2) is 0 Å². The molecule has 66 valence electrons. The largest absolute Gasteiger partial charge is 0.361 e. The Morgan fingerprint density at radius 3 is 2.09 bits per heavy atom. The van der Waals surface area contributed by atoms with E-state index >= 15 is 0 Å². The van der Waals surface area contributed by atoms with E-state index in [2.05, 4.69) is 20.8 Å². The quantitative estimate of drug-likeness (QED) is 0.493. The Kier molecular flexibility index (Phi) is 4.16. The van der Waals surface area contributed by atoms with Crippen LogP contribution in [0.15, 0.2) is 0 Å². The van der Waals surface area contributed by atoms with Crippen LogP contribution in [0.25, 0.3) is 0 Å². The molecule has 11 heavy (non-hydrogen) atoms. The summed E-state index contributed by atoms with van der Waals surface area (Å²) in [4.78, 5) is 2.05. The van der Waals surface area contributed by atoms with Gasteiger partial charge in [0.25, 0.3) is 0 Å². The Morgan fingerprint density at radius 2 is 1.82 bits per heavy atom. The van der Waals surface area contributed by atoms with E-state index < -0.39 is 0 Å². The SMILES string of the molecule is CCC(=N)N(C)C(C)C(C)C. The molecule has 1 unspecified atom stereocenters. The first-order valence-corrected chi connectivity index (χ1v) is 4.31. The average molecular weight is 156 g/mol. The zero-order valence-electron chi connectivity index (χ0n) is 8.31. The minimum atomic E-state index is 0.474. The van der Waals surface area contributed by atoms with Gasteiger partial charge in [0.1, 0.15) is 0 Å². The molecule has 0 aliphatic heterocycles. The smallest absolute Gasteiger partial charge is 0.0954 e. The van der Waals surface area contributed by atoms with E-state index in [1.54, 1.807) is 0 Å². The fourth-order valence-electron chi connectivity index (χ4n) is 0.942. The van der Waals surface area contributed by atoms with Gasteiger partial charge in [-0.15, -0.1) is 0 Å². The zero-order valence-corrected chi connectivity index (χ0v) is 8.31. The van der Waals surface area contributed by atoms with E-state index in [-0.39, 0.29) is 0 Å². The molecule has 0 heterocycles. The summed E-state index contributed by atoms with van der Waals surface area (Å²) >= 11 is 0. The Labute approximate surface area is 70.1 Å². The van der Waals surface area contributed by atoms with E-state index in [0.717, 1.165) is 12.3 Å². The molecule has 0 radical (unpaired) electrons. The molecule has 0 aromatic carbocycles. The molecule has 0 aromatic heterocycles. The van der Waals surface area contributed by atoms with Gasteiger partial charge in [0.2, 0.25) is 0 Å². The van der Waals surface area contributed by atoms with E-state index in [1.807, 2.05) is 18.9 Å². The third-order valence-corrected chi connectivity index (χ3v) is 2.34. The summed E-state index contributed by atoms with van der Waals surface area (Å²) in [6.07, 6.45) is 0.827. The second-order valence-corrected chi connectivity index (χ2v) is 3.40. The summed E-state index contributed by atoms with van der Waals surface area (Å²) in [5.41, 5.74) is 0. The number of hydrogen-bond acceptors (Lipinski definition) is 1. The lowest BCUT2D eigenvalue weighted by Gasteiger charge is -2.29. The monoisotopic (exact) mass is 156 g/mol. The topological polar surface area (TPSA) is 27.1 Å². The highest BCUT2D eigenvalue weighted by Crippen LogP contribution is 2.08. The van der Waals surface area contributed by atoms with Crippen LogP contribution in [0.2, 0.25) is 0 Å². The number of rotatable bonds is 3. The number of hydrogen-bond donors (Lipinski definition) is 1. The van der Waals surface area contributed by atoms with Gasteiger partial charge in [-0.3, -0.25) is 5.41 Å². The molecule has 0 aliphatic rings. The number of amidine groups is 1. The van der Waals surface area contributed by atoms with Crippen LogP contribution in [-0.2, 0) is 0 Å². The molecule has 0 saturated carbocycles. The summed E-state index contributed by atoms with van der Waals surface area (Å²) in [7, 11) is 2.00. The lowest BCUT2D eigenvalue weighted by molar-refractivity contribution is 0.303. The van der Waals surface area contributed by atoms with Crippen LogP contribution in [0.5, 0.6) is 0 Å². The van der Waals surface area contributed by atoms with Crippen molar-refractivity contribution in [1.82, 2.24) is 4.90 Å². The van der Waals surface area contributed by atoms with Crippen LogP contribution in [-0.4, -0.2) is 23.8 Å². The summed E-state index contributed by atoms with van der Waals surface area (Å²) in [6, 6.07) is 0.474. The molecular formula is C9H20N2. The Hall–Kier alpha value is -0.530. The lowest BCUT2D eigenvalue weighted by Crippen LogP contribution is -2.37. The molecule has 0 rings (SSSR count). The molecule has 0 saturated heterocycles. The van der Waals surface area contributed by atoms with Gasteiger partial charge in [-0.05, 0) is 12.8 Å². The average Bonchev–Trinajstić information content (AvgIpc) is 2.00. The predicted molar refractivity (Wildman–Crippen MR) is 50.1 cm³/mol. The Bertz CT molecular complexity index is 130. The summed E-state index contributed by atoms with van der Waals surface area (Å²) in [5, 5.41) is 7.59. The van der Waals surface area contributed by atoms with Crippen LogP contribution in [0.1, 0.15) is 34.1 Å². The van der Waals surface area contributed by atoms with Crippen molar-refractivity contribution in [1.29, 1.82) is 5.41 Å². The van der Waals surface area contributed by atoms with Crippen molar-refractivity contribution >= 4 is 5.84 Å². The predicted octanol–water partition coefficient (Wildman–Crippen LogP) is 2.35. The first kappa shape index (κ1) is 10.5. The van der Waals surface area contributed by atoms with Crippen molar-refractivity contribution in [3.05, 3.63) is 0 Å². The fraction of sp³-hybridized carbons (Fsp3) is 0.889. The summed E-state index contributed by atoms with van der Waals surface area (Å²) in [6.45, 7) is 8.55. The van der Waals surface area contributed by atoms with Crippen LogP contribution < -0.4 is 0 Å². The molecule has 1 N–H and O–H groups in total. The van der Waals surface area contributed by atoms with Gasteiger partial charge < -0.3 is 4.90 Å². The first-order valence-electron chi connectivity index (χ1n) is 4.31. The maximum Gasteiger partial charge on any atom is 0.0954 e. The van der Waals surface area contributed by atoms with Crippen molar-refractivity contribution < 1.29 is 0 Å². The van der Waals surface area contributed by atoms with Gasteiger partial charge in [0, 0.05) is 19.5 Å². The van der Waals surface area contributed by atoms with Crippen LogP contribution >= 0.6 is 0 Å². The van der Waals surface area contributed by atoms with Crippen LogP contribution in [0.4, 0.5) is 0 Å². The van der Waals surface area contributed by atoms with Crippen molar-refractivity contribution in [2.75, 3.05) is 7.05 Å². The minimum absolute atomic E-state index is 0.474. The molecule has 0 fully saturated rings. The third-order valence-electron chi connectivity index (χ3n) is 2.34. The molecule has 2 heteroatoms. The van der Waals surface area contributed by atoms with Gasteiger partial charge in [0.05, 0.1) is 5.84 Å². The van der Waals surface area contributed by atoms with E-state index in [9.17, 15) is 0 Å². The standard InChI is InChI=1S/C9H20N2/c1-6-9(10)11(5)8(4)7(2)3/h7-8,10H,6H2,1-5H3. The zero-order chi connectivity index (χ0) is 9.02. The van der Waals surface area contributed by atoms with Crippen molar-refractivity contribution in [2.45, 2.75) is 40.2 Å².